The topological polar surface area (TPSA) is 159 Å². The predicted molar refractivity (Wildman–Crippen MR) is 53.5 cm³/mol. The van der Waals surface area contributed by atoms with Crippen molar-refractivity contribution in [3.63, 3.8) is 0 Å². The van der Waals surface area contributed by atoms with Gasteiger partial charge < -0.3 is 5.73 Å². The van der Waals surface area contributed by atoms with Crippen molar-refractivity contribution in [2.45, 2.75) is 0 Å². The minimum Gasteiger partial charge on any atom is -0.349 e. The molecule has 6 N–H and O–H groups in total. The van der Waals surface area contributed by atoms with E-state index < -0.39 is 6.03 Å². The summed E-state index contributed by atoms with van der Waals surface area (Å²) in [5.74, 6) is 9.14. The highest BCUT2D eigenvalue weighted by atomic mass is 16.2. The Morgan fingerprint density at radius 2 is 1.62 bits per heavy atom. The Bertz CT molecular complexity index is 413. The molecule has 82 valence electrons. The molecule has 0 saturated carbocycles. The van der Waals surface area contributed by atoms with Crippen LogP contribution in [0.2, 0.25) is 0 Å². The Morgan fingerprint density at radius 3 is 1.88 bits per heavy atom. The highest BCUT2D eigenvalue weighted by Crippen LogP contribution is 1.98. The van der Waals surface area contributed by atoms with Crippen molar-refractivity contribution in [3.05, 3.63) is 29.6 Å². The summed E-state index contributed by atoms with van der Waals surface area (Å²) in [7, 11) is 0. The number of hydrogen-bond acceptors (Lipinski definition) is 6. The van der Waals surface area contributed by atoms with E-state index in [9.17, 15) is 4.79 Å². The van der Waals surface area contributed by atoms with Gasteiger partial charge in [-0.1, -0.05) is 0 Å². The zero-order chi connectivity index (χ0) is 12.6. The third kappa shape index (κ3) is 5.14. The average Bonchev–Trinajstić information content (AvgIpc) is 2.29. The van der Waals surface area contributed by atoms with Gasteiger partial charge in [-0.2, -0.15) is 15.6 Å². The first-order valence-electron chi connectivity index (χ1n) is 3.85. The molecule has 0 atom stereocenters. The Labute approximate surface area is 91.4 Å². The van der Waals surface area contributed by atoms with Crippen LogP contribution in [0, 0.1) is 22.7 Å². The van der Waals surface area contributed by atoms with Crippen LogP contribution in [-0.4, -0.2) is 16.1 Å². The van der Waals surface area contributed by atoms with Crippen molar-refractivity contribution in [1.82, 2.24) is 10.1 Å². The minimum absolute atomic E-state index is 0.306. The Morgan fingerprint density at radius 1 is 1.25 bits per heavy atom. The molecule has 1 rings (SSSR count). The molecular formula is C8H9N7O. The van der Waals surface area contributed by atoms with Gasteiger partial charge in [0.25, 0.3) is 0 Å². The lowest BCUT2D eigenvalue weighted by atomic mass is 10.2. The fourth-order valence-corrected chi connectivity index (χ4v) is 0.562. The summed E-state index contributed by atoms with van der Waals surface area (Å²) in [5, 5.41) is 17.0. The van der Waals surface area contributed by atoms with Crippen molar-refractivity contribution in [3.8, 4) is 12.1 Å². The number of hydrogen-bond donors (Lipinski definition) is 3. The highest BCUT2D eigenvalue weighted by molar-refractivity contribution is 5.70. The van der Waals surface area contributed by atoms with Gasteiger partial charge >= 0.3 is 6.03 Å². The third-order valence-electron chi connectivity index (χ3n) is 1.25. The van der Waals surface area contributed by atoms with E-state index in [4.69, 9.17) is 10.5 Å². The van der Waals surface area contributed by atoms with Crippen LogP contribution in [0.1, 0.15) is 11.1 Å². The quantitative estimate of drug-likeness (QED) is 0.286. The molecule has 0 aliphatic rings. The molecule has 1 heterocycles. The van der Waals surface area contributed by atoms with Gasteiger partial charge in [0.1, 0.15) is 12.1 Å². The number of aromatic nitrogens is 1. The lowest BCUT2D eigenvalue weighted by molar-refractivity contribution is 0.210. The molecule has 1 aromatic rings. The SMILES string of the molecule is N#Cc1cncc(C#N)c1.NC(=O)N(N)N. The van der Waals surface area contributed by atoms with Crippen molar-refractivity contribution < 1.29 is 4.79 Å². The minimum atomic E-state index is -0.852. The number of rotatable bonds is 0. The zero-order valence-corrected chi connectivity index (χ0v) is 8.16. The van der Waals surface area contributed by atoms with Crippen molar-refractivity contribution in [1.29, 1.82) is 10.5 Å². The molecule has 2 amide bonds. The maximum atomic E-state index is 9.60. The summed E-state index contributed by atoms with van der Waals surface area (Å²) in [4.78, 5) is 13.3. The molecule has 0 aliphatic carbocycles. The van der Waals surface area contributed by atoms with E-state index >= 15 is 0 Å². The normalized spacial score (nSPS) is 7.75. The van der Waals surface area contributed by atoms with E-state index in [1.165, 1.54) is 18.5 Å². The van der Waals surface area contributed by atoms with Crippen LogP contribution < -0.4 is 17.4 Å². The van der Waals surface area contributed by atoms with Gasteiger partial charge in [0.05, 0.1) is 11.1 Å². The van der Waals surface area contributed by atoms with Crippen LogP contribution in [0.5, 0.6) is 0 Å². The smallest absolute Gasteiger partial charge is 0.343 e. The van der Waals surface area contributed by atoms with E-state index in [0.29, 0.717) is 16.2 Å². The summed E-state index contributed by atoms with van der Waals surface area (Å²) >= 11 is 0. The fraction of sp³-hybridized carbons (Fsp3) is 0. The largest absolute Gasteiger partial charge is 0.349 e. The molecular weight excluding hydrogens is 210 g/mol. The number of pyridine rings is 1. The van der Waals surface area contributed by atoms with E-state index in [0.717, 1.165) is 0 Å². The second-order valence-electron chi connectivity index (χ2n) is 2.43. The van der Waals surface area contributed by atoms with Gasteiger partial charge in [-0.3, -0.25) is 4.98 Å². The first-order chi connectivity index (χ1) is 7.51. The van der Waals surface area contributed by atoms with Crippen molar-refractivity contribution >= 4 is 6.03 Å². The van der Waals surface area contributed by atoms with E-state index in [-0.39, 0.29) is 0 Å². The molecule has 8 heteroatoms. The predicted octanol–water partition coefficient (Wildman–Crippen LogP) is -1.06. The number of amides is 2. The lowest BCUT2D eigenvalue weighted by Crippen LogP contribution is -2.46. The number of nitrogens with two attached hydrogens (primary N) is 3. The van der Waals surface area contributed by atoms with Crippen molar-refractivity contribution in [2.75, 3.05) is 0 Å². The monoisotopic (exact) mass is 219 g/mol. The van der Waals surface area contributed by atoms with Gasteiger partial charge in [-0.15, -0.1) is 0 Å². The first kappa shape index (κ1) is 13.3. The molecule has 0 unspecified atom stereocenters. The Hall–Kier alpha value is -2.68. The number of nitriles is 2. The maximum Gasteiger partial charge on any atom is 0.343 e. The zero-order valence-electron chi connectivity index (χ0n) is 8.16. The van der Waals surface area contributed by atoms with Crippen LogP contribution in [0.4, 0.5) is 4.79 Å². The number of hydrazine groups is 2. The Kier molecular flexibility index (Phi) is 5.60. The molecule has 0 saturated heterocycles. The van der Waals surface area contributed by atoms with E-state index in [1.54, 1.807) is 0 Å². The van der Waals surface area contributed by atoms with Gasteiger partial charge in [0.15, 0.2) is 0 Å². The molecule has 8 nitrogen and oxygen atoms in total. The summed E-state index contributed by atoms with van der Waals surface area (Å²) in [6.45, 7) is 0. The third-order valence-corrected chi connectivity index (χ3v) is 1.25. The second kappa shape index (κ2) is 6.73. The van der Waals surface area contributed by atoms with Crippen LogP contribution >= 0.6 is 0 Å². The van der Waals surface area contributed by atoms with E-state index in [2.05, 4.69) is 22.4 Å². The molecule has 0 spiro atoms. The van der Waals surface area contributed by atoms with E-state index in [1.807, 2.05) is 12.1 Å². The number of primary amides is 1. The standard InChI is InChI=1S/C7H3N3.CH6N4O/c8-2-6-1-7(3-9)5-10-4-6;2-1(6)5(3)4/h1,4-5H;3-4H2,(H2,2,6). The lowest BCUT2D eigenvalue weighted by Gasteiger charge is -2.00. The molecule has 0 bridgehead atoms. The fourth-order valence-electron chi connectivity index (χ4n) is 0.562. The number of urea groups is 1. The molecule has 0 radical (unpaired) electrons. The number of nitrogens with zero attached hydrogens (tertiary/aromatic N) is 4. The van der Waals surface area contributed by atoms with Gasteiger partial charge in [-0.25, -0.2) is 16.5 Å². The molecule has 0 fully saturated rings. The van der Waals surface area contributed by atoms with Crippen molar-refractivity contribution in [2.24, 2.45) is 17.4 Å². The molecule has 16 heavy (non-hydrogen) atoms. The second-order valence-corrected chi connectivity index (χ2v) is 2.43. The van der Waals surface area contributed by atoms with Crippen LogP contribution in [0.25, 0.3) is 0 Å². The van der Waals surface area contributed by atoms with Gasteiger partial charge in [0.2, 0.25) is 0 Å². The molecule has 1 aromatic heterocycles. The van der Waals surface area contributed by atoms with Gasteiger partial charge in [0, 0.05) is 12.4 Å². The van der Waals surface area contributed by atoms with Crippen LogP contribution in [0.3, 0.4) is 0 Å². The summed E-state index contributed by atoms with van der Waals surface area (Å²) in [5.41, 5.74) is 5.30. The van der Waals surface area contributed by atoms with Crippen LogP contribution in [0.15, 0.2) is 18.5 Å². The maximum absolute atomic E-state index is 9.60. The number of carbonyl (C=O) groups is 1. The summed E-state index contributed by atoms with van der Waals surface area (Å²) < 4.78 is 0. The first-order valence-corrected chi connectivity index (χ1v) is 3.85. The van der Waals surface area contributed by atoms with Crippen LogP contribution in [-0.2, 0) is 0 Å². The number of carbonyl (C=O) groups excluding carboxylic acids is 1. The Balaban J connectivity index is 0.000000325. The molecule has 0 aromatic carbocycles. The summed E-state index contributed by atoms with van der Waals surface area (Å²) in [6, 6.07) is 4.42. The highest BCUT2D eigenvalue weighted by Gasteiger charge is 1.91. The molecule has 0 aliphatic heterocycles. The van der Waals surface area contributed by atoms with Gasteiger partial charge in [-0.05, 0) is 6.07 Å². The average molecular weight is 219 g/mol. The summed E-state index contributed by atoms with van der Waals surface area (Å²) in [6.07, 6.45) is 2.84.